The van der Waals surface area contributed by atoms with Crippen LogP contribution in [-0.4, -0.2) is 24.4 Å². The van der Waals surface area contributed by atoms with Gasteiger partial charge in [-0.3, -0.25) is 9.69 Å². The number of allylic oxidation sites excluding steroid dienone is 1. The molecule has 0 radical (unpaired) electrons. The molecule has 0 saturated carbocycles. The molecular formula is C19H17ClN2O. The van der Waals surface area contributed by atoms with Crippen LogP contribution in [0.1, 0.15) is 18.4 Å². The average molecular weight is 325 g/mol. The molecule has 0 N–H and O–H groups in total. The van der Waals surface area contributed by atoms with Crippen molar-refractivity contribution in [2.45, 2.75) is 12.8 Å². The second kappa shape index (κ2) is 5.43. The van der Waals surface area contributed by atoms with E-state index in [1.54, 1.807) is 4.90 Å². The number of likely N-dealkylation sites (tertiary alicyclic amines) is 1. The van der Waals surface area contributed by atoms with E-state index in [0.717, 1.165) is 47.6 Å². The van der Waals surface area contributed by atoms with Crippen LogP contribution in [0, 0.1) is 0 Å². The number of anilines is 2. The predicted octanol–water partition coefficient (Wildman–Crippen LogP) is 4.46. The first-order valence-electron chi connectivity index (χ1n) is 7.81. The van der Waals surface area contributed by atoms with Crippen LogP contribution in [0.2, 0.25) is 5.02 Å². The second-order valence-corrected chi connectivity index (χ2v) is 6.36. The Labute approximate surface area is 140 Å². The number of rotatable bonds is 1. The molecule has 4 heteroatoms. The van der Waals surface area contributed by atoms with E-state index in [1.165, 1.54) is 0 Å². The van der Waals surface area contributed by atoms with Crippen LogP contribution in [-0.2, 0) is 4.79 Å². The highest BCUT2D eigenvalue weighted by atomic mass is 35.5. The van der Waals surface area contributed by atoms with E-state index < -0.39 is 0 Å². The highest BCUT2D eigenvalue weighted by Gasteiger charge is 2.38. The molecule has 3 nitrogen and oxygen atoms in total. The van der Waals surface area contributed by atoms with Gasteiger partial charge in [0.25, 0.3) is 5.91 Å². The van der Waals surface area contributed by atoms with E-state index in [0.29, 0.717) is 5.02 Å². The largest absolute Gasteiger partial charge is 0.377 e. The summed E-state index contributed by atoms with van der Waals surface area (Å²) < 4.78 is 0. The molecule has 0 bridgehead atoms. The second-order valence-electron chi connectivity index (χ2n) is 5.96. The lowest BCUT2D eigenvalue weighted by molar-refractivity contribution is -0.112. The van der Waals surface area contributed by atoms with Crippen molar-refractivity contribution >= 4 is 34.5 Å². The first kappa shape index (κ1) is 14.3. The molecule has 0 atom stereocenters. The van der Waals surface area contributed by atoms with Gasteiger partial charge in [0, 0.05) is 30.5 Å². The van der Waals surface area contributed by atoms with Crippen molar-refractivity contribution in [2.24, 2.45) is 0 Å². The number of para-hydroxylation sites is 1. The first-order valence-corrected chi connectivity index (χ1v) is 8.19. The van der Waals surface area contributed by atoms with E-state index in [9.17, 15) is 4.79 Å². The SMILES string of the molecule is CN1CCC/C1=C1\C(=O)N(c2ccccc2)c2cccc(Cl)c21. The maximum absolute atomic E-state index is 13.2. The molecule has 2 aromatic carbocycles. The van der Waals surface area contributed by atoms with Gasteiger partial charge in [-0.15, -0.1) is 0 Å². The summed E-state index contributed by atoms with van der Waals surface area (Å²) in [6.07, 6.45) is 2.00. The van der Waals surface area contributed by atoms with Crippen molar-refractivity contribution < 1.29 is 4.79 Å². The van der Waals surface area contributed by atoms with Gasteiger partial charge in [-0.05, 0) is 37.1 Å². The number of hydrogen-bond donors (Lipinski definition) is 0. The minimum absolute atomic E-state index is 0.0167. The molecule has 0 aromatic heterocycles. The summed E-state index contributed by atoms with van der Waals surface area (Å²) in [4.78, 5) is 17.2. The molecule has 2 aliphatic rings. The van der Waals surface area contributed by atoms with Crippen molar-refractivity contribution in [3.63, 3.8) is 0 Å². The number of carbonyl (C=O) groups is 1. The molecule has 0 unspecified atom stereocenters. The van der Waals surface area contributed by atoms with Crippen molar-refractivity contribution in [3.8, 4) is 0 Å². The lowest BCUT2D eigenvalue weighted by Crippen LogP contribution is -2.22. The Morgan fingerprint density at radius 2 is 1.83 bits per heavy atom. The smallest absolute Gasteiger partial charge is 0.265 e. The van der Waals surface area contributed by atoms with Gasteiger partial charge in [-0.25, -0.2) is 0 Å². The van der Waals surface area contributed by atoms with Crippen molar-refractivity contribution in [1.29, 1.82) is 0 Å². The number of nitrogens with zero attached hydrogens (tertiary/aromatic N) is 2. The number of benzene rings is 2. The zero-order valence-corrected chi connectivity index (χ0v) is 13.7. The van der Waals surface area contributed by atoms with Crippen molar-refractivity contribution in [2.75, 3.05) is 18.5 Å². The molecule has 1 fully saturated rings. The average Bonchev–Trinajstić information content (AvgIpc) is 3.09. The minimum atomic E-state index is 0.0167. The fourth-order valence-corrected chi connectivity index (χ4v) is 3.77. The standard InChI is InChI=1S/C19H17ClN2O/c1-21-12-6-11-15(21)18-17-14(20)9-5-10-16(17)22(19(18)23)13-7-3-2-4-8-13/h2-5,7-10H,6,11-12H2,1H3/b18-15+. The van der Waals surface area contributed by atoms with E-state index in [4.69, 9.17) is 11.6 Å². The maximum atomic E-state index is 13.2. The topological polar surface area (TPSA) is 23.6 Å². The first-order chi connectivity index (χ1) is 11.2. The zero-order valence-electron chi connectivity index (χ0n) is 12.9. The Bertz CT molecular complexity index is 813. The lowest BCUT2D eigenvalue weighted by atomic mass is 10.0. The Balaban J connectivity index is 1.97. The fraction of sp³-hybridized carbons (Fsp3) is 0.211. The molecule has 1 saturated heterocycles. The molecule has 2 aliphatic heterocycles. The molecule has 0 aliphatic carbocycles. The Morgan fingerprint density at radius 3 is 2.52 bits per heavy atom. The van der Waals surface area contributed by atoms with E-state index in [-0.39, 0.29) is 5.91 Å². The minimum Gasteiger partial charge on any atom is -0.377 e. The number of amides is 1. The van der Waals surface area contributed by atoms with Crippen LogP contribution in [0.5, 0.6) is 0 Å². The molecule has 2 heterocycles. The molecule has 2 aromatic rings. The summed E-state index contributed by atoms with van der Waals surface area (Å²) in [6.45, 7) is 0.983. The van der Waals surface area contributed by atoms with Crippen LogP contribution >= 0.6 is 11.6 Å². The van der Waals surface area contributed by atoms with Gasteiger partial charge >= 0.3 is 0 Å². The molecule has 4 rings (SSSR count). The number of carbonyl (C=O) groups excluding carboxylic acids is 1. The van der Waals surface area contributed by atoms with Gasteiger partial charge in [0.2, 0.25) is 0 Å². The van der Waals surface area contributed by atoms with Gasteiger partial charge in [0.15, 0.2) is 0 Å². The third-order valence-corrected chi connectivity index (χ3v) is 4.89. The van der Waals surface area contributed by atoms with Gasteiger partial charge in [0.1, 0.15) is 0 Å². The molecule has 1 amide bonds. The van der Waals surface area contributed by atoms with Gasteiger partial charge in [-0.2, -0.15) is 0 Å². The van der Waals surface area contributed by atoms with E-state index in [1.807, 2.05) is 55.6 Å². The third kappa shape index (κ3) is 2.15. The number of fused-ring (bicyclic) bond motifs is 1. The van der Waals surface area contributed by atoms with Crippen LogP contribution in [0.25, 0.3) is 5.57 Å². The summed E-state index contributed by atoms with van der Waals surface area (Å²) in [6, 6.07) is 15.5. The third-order valence-electron chi connectivity index (χ3n) is 4.57. The van der Waals surface area contributed by atoms with Crippen LogP contribution in [0.4, 0.5) is 11.4 Å². The van der Waals surface area contributed by atoms with Gasteiger partial charge < -0.3 is 4.90 Å². The Morgan fingerprint density at radius 1 is 1.04 bits per heavy atom. The Kier molecular flexibility index (Phi) is 3.38. The monoisotopic (exact) mass is 324 g/mol. The zero-order chi connectivity index (χ0) is 16.0. The summed E-state index contributed by atoms with van der Waals surface area (Å²) in [5.74, 6) is 0.0167. The maximum Gasteiger partial charge on any atom is 0.265 e. The van der Waals surface area contributed by atoms with E-state index in [2.05, 4.69) is 4.90 Å². The summed E-state index contributed by atoms with van der Waals surface area (Å²) >= 11 is 6.48. The van der Waals surface area contributed by atoms with Crippen molar-refractivity contribution in [1.82, 2.24) is 4.90 Å². The number of halogens is 1. The molecule has 0 spiro atoms. The van der Waals surface area contributed by atoms with E-state index >= 15 is 0 Å². The normalized spacial score (nSPS) is 20.3. The van der Waals surface area contributed by atoms with Crippen LogP contribution < -0.4 is 4.90 Å². The molecular weight excluding hydrogens is 308 g/mol. The number of hydrogen-bond acceptors (Lipinski definition) is 2. The summed E-state index contributed by atoms with van der Waals surface area (Å²) in [5.41, 5.74) is 4.47. The highest BCUT2D eigenvalue weighted by molar-refractivity contribution is 6.41. The Hall–Kier alpha value is -2.26. The molecule has 116 valence electrons. The summed E-state index contributed by atoms with van der Waals surface area (Å²) in [5, 5.41) is 0.636. The van der Waals surface area contributed by atoms with Crippen LogP contribution in [0.3, 0.4) is 0 Å². The van der Waals surface area contributed by atoms with Crippen molar-refractivity contribution in [3.05, 3.63) is 64.8 Å². The quantitative estimate of drug-likeness (QED) is 0.723. The predicted molar refractivity (Wildman–Crippen MR) is 93.8 cm³/mol. The molecule has 23 heavy (non-hydrogen) atoms. The highest BCUT2D eigenvalue weighted by Crippen LogP contribution is 2.47. The lowest BCUT2D eigenvalue weighted by Gasteiger charge is -2.18. The van der Waals surface area contributed by atoms with Gasteiger partial charge in [0.05, 0.1) is 16.3 Å². The van der Waals surface area contributed by atoms with Gasteiger partial charge in [-0.1, -0.05) is 35.9 Å². The summed E-state index contributed by atoms with van der Waals surface area (Å²) in [7, 11) is 2.05. The van der Waals surface area contributed by atoms with Crippen LogP contribution in [0.15, 0.2) is 54.2 Å². The fourth-order valence-electron chi connectivity index (χ4n) is 3.50.